The smallest absolute Gasteiger partial charge is 0.321 e. The lowest BCUT2D eigenvalue weighted by Gasteiger charge is -2.07. The van der Waals surface area contributed by atoms with E-state index in [0.717, 1.165) is 16.5 Å². The minimum absolute atomic E-state index is 0.0270. The number of esters is 1. The van der Waals surface area contributed by atoms with Crippen molar-refractivity contribution >= 4 is 40.6 Å². The third-order valence-electron chi connectivity index (χ3n) is 3.19. The van der Waals surface area contributed by atoms with Crippen molar-refractivity contribution in [3.8, 4) is 0 Å². The standard InChI is InChI=1S/C17H19N3O4S/c1-3-18-17(23)20-14(21)9-24-16(22)10-25-15-8-11(2)12-6-4-5-7-13(12)19-15/h4-8H,3,9-10H2,1-2H3,(H2,18,20,21,23). The normalized spacial score (nSPS) is 10.3. The zero-order valence-electron chi connectivity index (χ0n) is 14.0. The predicted octanol–water partition coefficient (Wildman–Crippen LogP) is 2.02. The fourth-order valence-corrected chi connectivity index (χ4v) is 2.85. The maximum Gasteiger partial charge on any atom is 0.321 e. The molecule has 0 saturated carbocycles. The molecule has 0 atom stereocenters. The van der Waals surface area contributed by atoms with Gasteiger partial charge in [0.2, 0.25) is 0 Å². The fraction of sp³-hybridized carbons (Fsp3) is 0.294. The molecule has 0 fully saturated rings. The van der Waals surface area contributed by atoms with Gasteiger partial charge in [0.05, 0.1) is 16.3 Å². The topological polar surface area (TPSA) is 97.4 Å². The van der Waals surface area contributed by atoms with E-state index < -0.39 is 24.5 Å². The van der Waals surface area contributed by atoms with Crippen LogP contribution >= 0.6 is 11.8 Å². The number of thioether (sulfide) groups is 1. The summed E-state index contributed by atoms with van der Waals surface area (Å²) in [7, 11) is 0. The molecule has 0 aliphatic heterocycles. The van der Waals surface area contributed by atoms with Gasteiger partial charge in [0, 0.05) is 11.9 Å². The number of hydrogen-bond donors (Lipinski definition) is 2. The molecule has 2 aromatic rings. The molecule has 1 aromatic heterocycles. The van der Waals surface area contributed by atoms with Crippen molar-refractivity contribution in [3.05, 3.63) is 35.9 Å². The highest BCUT2D eigenvalue weighted by Crippen LogP contribution is 2.23. The van der Waals surface area contributed by atoms with Crippen molar-refractivity contribution in [2.45, 2.75) is 18.9 Å². The van der Waals surface area contributed by atoms with Crippen LogP contribution in [0.2, 0.25) is 0 Å². The number of ether oxygens (including phenoxy) is 1. The molecular formula is C17H19N3O4S. The number of urea groups is 1. The lowest BCUT2D eigenvalue weighted by molar-refractivity contribution is -0.145. The third kappa shape index (κ3) is 5.75. The first-order valence-corrected chi connectivity index (χ1v) is 8.70. The Hall–Kier alpha value is -2.61. The minimum atomic E-state index is -0.677. The van der Waals surface area contributed by atoms with Gasteiger partial charge < -0.3 is 10.1 Å². The zero-order valence-corrected chi connectivity index (χ0v) is 14.8. The van der Waals surface area contributed by atoms with Crippen molar-refractivity contribution < 1.29 is 19.1 Å². The minimum Gasteiger partial charge on any atom is -0.455 e. The summed E-state index contributed by atoms with van der Waals surface area (Å²) in [6, 6.07) is 9.05. The number of benzene rings is 1. The lowest BCUT2D eigenvalue weighted by Crippen LogP contribution is -2.41. The number of nitrogens with zero attached hydrogens (tertiary/aromatic N) is 1. The Bertz CT molecular complexity index is 795. The first-order valence-electron chi connectivity index (χ1n) is 7.72. The fourth-order valence-electron chi connectivity index (χ4n) is 2.08. The molecule has 0 saturated heterocycles. The number of para-hydroxylation sites is 1. The van der Waals surface area contributed by atoms with Gasteiger partial charge in [0.25, 0.3) is 5.91 Å². The second-order valence-electron chi connectivity index (χ2n) is 5.15. The van der Waals surface area contributed by atoms with Crippen LogP contribution in [0.4, 0.5) is 4.79 Å². The van der Waals surface area contributed by atoms with Crippen LogP contribution in [0, 0.1) is 6.92 Å². The number of nitrogens with one attached hydrogen (secondary N) is 2. The number of aromatic nitrogens is 1. The van der Waals surface area contributed by atoms with Gasteiger partial charge in [-0.2, -0.15) is 0 Å². The first-order chi connectivity index (χ1) is 12.0. The molecule has 0 radical (unpaired) electrons. The van der Waals surface area contributed by atoms with E-state index in [1.807, 2.05) is 37.3 Å². The van der Waals surface area contributed by atoms with Crippen LogP contribution < -0.4 is 10.6 Å². The van der Waals surface area contributed by atoms with E-state index in [1.165, 1.54) is 11.8 Å². The molecular weight excluding hydrogens is 342 g/mol. The average molecular weight is 361 g/mol. The van der Waals surface area contributed by atoms with Gasteiger partial charge in [-0.1, -0.05) is 30.0 Å². The van der Waals surface area contributed by atoms with Gasteiger partial charge >= 0.3 is 12.0 Å². The Morgan fingerprint density at radius 2 is 2.00 bits per heavy atom. The Morgan fingerprint density at radius 1 is 1.24 bits per heavy atom. The van der Waals surface area contributed by atoms with Gasteiger partial charge in [-0.3, -0.25) is 14.9 Å². The molecule has 0 aliphatic carbocycles. The molecule has 0 unspecified atom stereocenters. The van der Waals surface area contributed by atoms with Crippen LogP contribution in [0.3, 0.4) is 0 Å². The number of rotatable bonds is 6. The Balaban J connectivity index is 1.82. The Morgan fingerprint density at radius 3 is 2.76 bits per heavy atom. The summed E-state index contributed by atoms with van der Waals surface area (Å²) in [5.41, 5.74) is 1.93. The molecule has 3 amide bonds. The largest absolute Gasteiger partial charge is 0.455 e. The molecule has 25 heavy (non-hydrogen) atoms. The molecule has 1 heterocycles. The molecule has 132 valence electrons. The van der Waals surface area contributed by atoms with E-state index >= 15 is 0 Å². The second-order valence-corrected chi connectivity index (χ2v) is 6.15. The van der Waals surface area contributed by atoms with E-state index in [2.05, 4.69) is 15.6 Å². The molecule has 8 heteroatoms. The molecule has 0 aliphatic rings. The van der Waals surface area contributed by atoms with Crippen LogP contribution in [0.15, 0.2) is 35.4 Å². The number of hydrogen-bond acceptors (Lipinski definition) is 6. The van der Waals surface area contributed by atoms with Crippen LogP contribution in [-0.4, -0.2) is 41.8 Å². The summed E-state index contributed by atoms with van der Waals surface area (Å²) in [6.07, 6.45) is 0. The van der Waals surface area contributed by atoms with E-state index in [1.54, 1.807) is 6.92 Å². The van der Waals surface area contributed by atoms with Crippen molar-refractivity contribution in [3.63, 3.8) is 0 Å². The third-order valence-corrected chi connectivity index (χ3v) is 4.08. The van der Waals surface area contributed by atoms with E-state index in [-0.39, 0.29) is 5.75 Å². The number of carbonyl (C=O) groups is 3. The quantitative estimate of drug-likeness (QED) is 0.603. The Kier molecular flexibility index (Phi) is 6.76. The molecule has 2 N–H and O–H groups in total. The van der Waals surface area contributed by atoms with Gasteiger partial charge in [-0.25, -0.2) is 9.78 Å². The van der Waals surface area contributed by atoms with E-state index in [4.69, 9.17) is 4.74 Å². The van der Waals surface area contributed by atoms with Crippen molar-refractivity contribution in [2.24, 2.45) is 0 Å². The molecule has 0 spiro atoms. The number of aryl methyl sites for hydroxylation is 1. The second kappa shape index (κ2) is 9.03. The van der Waals surface area contributed by atoms with Crippen LogP contribution in [0.25, 0.3) is 10.9 Å². The highest BCUT2D eigenvalue weighted by Gasteiger charge is 2.11. The predicted molar refractivity (Wildman–Crippen MR) is 95.4 cm³/mol. The zero-order chi connectivity index (χ0) is 18.2. The van der Waals surface area contributed by atoms with Gasteiger partial charge in [-0.05, 0) is 31.5 Å². The van der Waals surface area contributed by atoms with E-state index in [9.17, 15) is 14.4 Å². The number of fused-ring (bicyclic) bond motifs is 1. The van der Waals surface area contributed by atoms with Gasteiger partial charge in [0.15, 0.2) is 6.61 Å². The number of carbonyl (C=O) groups excluding carboxylic acids is 3. The molecule has 2 rings (SSSR count). The maximum absolute atomic E-state index is 11.7. The molecule has 1 aromatic carbocycles. The number of pyridine rings is 1. The highest BCUT2D eigenvalue weighted by molar-refractivity contribution is 7.99. The first kappa shape index (κ1) is 18.7. The van der Waals surface area contributed by atoms with Crippen LogP contribution in [0.1, 0.15) is 12.5 Å². The summed E-state index contributed by atoms with van der Waals surface area (Å²) in [5.74, 6) is -1.20. The van der Waals surface area contributed by atoms with Crippen molar-refractivity contribution in [1.82, 2.24) is 15.6 Å². The number of amides is 3. The van der Waals surface area contributed by atoms with Gasteiger partial charge in [0.1, 0.15) is 0 Å². The average Bonchev–Trinajstić information content (AvgIpc) is 2.58. The highest BCUT2D eigenvalue weighted by atomic mass is 32.2. The summed E-state index contributed by atoms with van der Waals surface area (Å²) >= 11 is 1.23. The summed E-state index contributed by atoms with van der Waals surface area (Å²) in [4.78, 5) is 38.8. The van der Waals surface area contributed by atoms with Crippen LogP contribution in [-0.2, 0) is 14.3 Å². The van der Waals surface area contributed by atoms with Crippen molar-refractivity contribution in [2.75, 3.05) is 18.9 Å². The SMILES string of the molecule is CCNC(=O)NC(=O)COC(=O)CSc1cc(C)c2ccccc2n1. The summed E-state index contributed by atoms with van der Waals surface area (Å²) in [6.45, 7) is 3.61. The summed E-state index contributed by atoms with van der Waals surface area (Å²) in [5, 5.41) is 6.23. The molecule has 0 bridgehead atoms. The number of imide groups is 1. The van der Waals surface area contributed by atoms with Crippen molar-refractivity contribution in [1.29, 1.82) is 0 Å². The maximum atomic E-state index is 11.7. The van der Waals surface area contributed by atoms with Crippen LogP contribution in [0.5, 0.6) is 0 Å². The summed E-state index contributed by atoms with van der Waals surface area (Å²) < 4.78 is 4.84. The van der Waals surface area contributed by atoms with E-state index in [0.29, 0.717) is 11.6 Å². The Labute approximate surface area is 149 Å². The van der Waals surface area contributed by atoms with Gasteiger partial charge in [-0.15, -0.1) is 0 Å². The monoisotopic (exact) mass is 361 g/mol. The molecule has 7 nitrogen and oxygen atoms in total. The lowest BCUT2D eigenvalue weighted by atomic mass is 10.1.